The van der Waals surface area contributed by atoms with Crippen LogP contribution in [0.3, 0.4) is 0 Å². The second kappa shape index (κ2) is 6.48. The van der Waals surface area contributed by atoms with Crippen molar-refractivity contribution in [2.75, 3.05) is 19.8 Å². The number of hydrogen-bond donors (Lipinski definition) is 2. The second-order valence-corrected chi connectivity index (χ2v) is 3.99. The molecular formula is C11H16N2O3S. The van der Waals surface area contributed by atoms with Crippen LogP contribution in [0.15, 0.2) is 16.9 Å². The SMILES string of the molecule is Cc1ccc(C(N)=S)c(=O)n1CCOCCO. The molecule has 0 fully saturated rings. The summed E-state index contributed by atoms with van der Waals surface area (Å²) in [4.78, 5) is 12.1. The highest BCUT2D eigenvalue weighted by Crippen LogP contribution is 1.99. The van der Waals surface area contributed by atoms with Crippen LogP contribution < -0.4 is 11.3 Å². The van der Waals surface area contributed by atoms with Gasteiger partial charge in [0.25, 0.3) is 5.56 Å². The van der Waals surface area contributed by atoms with Crippen molar-refractivity contribution in [1.29, 1.82) is 0 Å². The van der Waals surface area contributed by atoms with Gasteiger partial charge in [0.2, 0.25) is 0 Å². The Labute approximate surface area is 105 Å². The lowest BCUT2D eigenvalue weighted by molar-refractivity contribution is 0.0863. The molecule has 0 aromatic carbocycles. The summed E-state index contributed by atoms with van der Waals surface area (Å²) in [6.07, 6.45) is 0. The first-order valence-corrected chi connectivity index (χ1v) is 5.67. The molecule has 0 saturated heterocycles. The first-order valence-electron chi connectivity index (χ1n) is 5.26. The molecule has 0 unspecified atom stereocenters. The maximum absolute atomic E-state index is 12.0. The maximum atomic E-state index is 12.0. The fourth-order valence-electron chi connectivity index (χ4n) is 1.46. The number of rotatable bonds is 6. The molecule has 0 aliphatic rings. The number of aliphatic hydroxyl groups excluding tert-OH is 1. The Hall–Kier alpha value is -1.24. The van der Waals surface area contributed by atoms with E-state index in [1.807, 2.05) is 6.92 Å². The topological polar surface area (TPSA) is 77.5 Å². The minimum atomic E-state index is -0.204. The van der Waals surface area contributed by atoms with Crippen LogP contribution in [0.4, 0.5) is 0 Å². The number of nitrogens with zero attached hydrogens (tertiary/aromatic N) is 1. The molecule has 3 N–H and O–H groups in total. The lowest BCUT2D eigenvalue weighted by Gasteiger charge is -2.11. The Kier molecular flexibility index (Phi) is 5.27. The van der Waals surface area contributed by atoms with Crippen LogP contribution in [0.25, 0.3) is 0 Å². The molecule has 0 aliphatic carbocycles. The van der Waals surface area contributed by atoms with Crippen molar-refractivity contribution in [3.63, 3.8) is 0 Å². The molecule has 0 saturated carbocycles. The number of nitrogens with two attached hydrogens (primary N) is 1. The van der Waals surface area contributed by atoms with Crippen molar-refractivity contribution < 1.29 is 9.84 Å². The third-order valence-electron chi connectivity index (χ3n) is 2.35. The normalized spacial score (nSPS) is 10.5. The molecule has 1 heterocycles. The lowest BCUT2D eigenvalue weighted by atomic mass is 10.2. The van der Waals surface area contributed by atoms with E-state index in [0.29, 0.717) is 18.7 Å². The number of pyridine rings is 1. The van der Waals surface area contributed by atoms with E-state index in [2.05, 4.69) is 0 Å². The van der Waals surface area contributed by atoms with Gasteiger partial charge in [-0.05, 0) is 19.1 Å². The molecule has 1 rings (SSSR count). The van der Waals surface area contributed by atoms with Gasteiger partial charge in [0.05, 0.1) is 25.4 Å². The van der Waals surface area contributed by atoms with E-state index in [9.17, 15) is 4.79 Å². The number of hydrogen-bond acceptors (Lipinski definition) is 4. The quantitative estimate of drug-likeness (QED) is 0.544. The molecule has 5 nitrogen and oxygen atoms in total. The van der Waals surface area contributed by atoms with Crippen LogP contribution in [0.2, 0.25) is 0 Å². The average Bonchev–Trinajstić information content (AvgIpc) is 2.27. The number of ether oxygens (including phenoxy) is 1. The van der Waals surface area contributed by atoms with Gasteiger partial charge in [-0.15, -0.1) is 0 Å². The van der Waals surface area contributed by atoms with E-state index in [1.165, 1.54) is 0 Å². The second-order valence-electron chi connectivity index (χ2n) is 3.55. The van der Waals surface area contributed by atoms with E-state index in [1.54, 1.807) is 16.7 Å². The highest BCUT2D eigenvalue weighted by atomic mass is 32.1. The van der Waals surface area contributed by atoms with Gasteiger partial charge in [-0.2, -0.15) is 0 Å². The average molecular weight is 256 g/mol. The minimum Gasteiger partial charge on any atom is -0.394 e. The molecule has 0 bridgehead atoms. The Bertz CT molecular complexity index is 457. The van der Waals surface area contributed by atoms with Gasteiger partial charge in [-0.1, -0.05) is 12.2 Å². The van der Waals surface area contributed by atoms with E-state index in [4.69, 9.17) is 27.8 Å². The summed E-state index contributed by atoms with van der Waals surface area (Å²) in [6.45, 7) is 2.85. The van der Waals surface area contributed by atoms with Crippen LogP contribution in [-0.4, -0.2) is 34.5 Å². The summed E-state index contributed by atoms with van der Waals surface area (Å²) in [5.74, 6) is 0. The maximum Gasteiger partial charge on any atom is 0.261 e. The first-order chi connectivity index (χ1) is 8.07. The fraction of sp³-hybridized carbons (Fsp3) is 0.455. The third-order valence-corrected chi connectivity index (χ3v) is 2.57. The van der Waals surface area contributed by atoms with Crippen LogP contribution in [-0.2, 0) is 11.3 Å². The van der Waals surface area contributed by atoms with Gasteiger partial charge in [-0.3, -0.25) is 4.79 Å². The van der Waals surface area contributed by atoms with Crippen molar-refractivity contribution >= 4 is 17.2 Å². The van der Waals surface area contributed by atoms with E-state index >= 15 is 0 Å². The van der Waals surface area contributed by atoms with Gasteiger partial charge < -0.3 is 20.1 Å². The first kappa shape index (κ1) is 13.8. The molecule has 17 heavy (non-hydrogen) atoms. The molecule has 0 aliphatic heterocycles. The van der Waals surface area contributed by atoms with Crippen molar-refractivity contribution in [2.24, 2.45) is 5.73 Å². The Morgan fingerprint density at radius 3 is 2.82 bits per heavy atom. The predicted molar refractivity (Wildman–Crippen MR) is 69.2 cm³/mol. The van der Waals surface area contributed by atoms with Crippen LogP contribution in [0, 0.1) is 6.92 Å². The standard InChI is InChI=1S/C11H16N2O3S/c1-8-2-3-9(10(12)17)11(15)13(8)4-6-16-7-5-14/h2-3,14H,4-7H2,1H3,(H2,12,17). The highest BCUT2D eigenvalue weighted by molar-refractivity contribution is 7.80. The summed E-state index contributed by atoms with van der Waals surface area (Å²) >= 11 is 4.81. The molecule has 0 spiro atoms. The Balaban J connectivity index is 2.87. The lowest BCUT2D eigenvalue weighted by Crippen LogP contribution is -2.31. The zero-order valence-electron chi connectivity index (χ0n) is 9.68. The number of thiocarbonyl (C=S) groups is 1. The largest absolute Gasteiger partial charge is 0.394 e. The van der Waals surface area contributed by atoms with Crippen LogP contribution in [0.1, 0.15) is 11.3 Å². The number of aromatic nitrogens is 1. The summed E-state index contributed by atoms with van der Waals surface area (Å²) < 4.78 is 6.68. The van der Waals surface area contributed by atoms with Crippen molar-refractivity contribution in [3.8, 4) is 0 Å². The summed E-state index contributed by atoms with van der Waals surface area (Å²) in [5.41, 5.74) is 6.42. The molecular weight excluding hydrogens is 240 g/mol. The van der Waals surface area contributed by atoms with Gasteiger partial charge in [0.1, 0.15) is 4.99 Å². The summed E-state index contributed by atoms with van der Waals surface area (Å²) in [7, 11) is 0. The highest BCUT2D eigenvalue weighted by Gasteiger charge is 2.07. The van der Waals surface area contributed by atoms with E-state index in [0.717, 1.165) is 5.69 Å². The predicted octanol–water partition coefficient (Wildman–Crippen LogP) is -0.200. The van der Waals surface area contributed by atoms with Crippen LogP contribution in [0.5, 0.6) is 0 Å². The molecule has 94 valence electrons. The van der Waals surface area contributed by atoms with Crippen molar-refractivity contribution in [3.05, 3.63) is 33.7 Å². The number of aliphatic hydroxyl groups is 1. The van der Waals surface area contributed by atoms with Gasteiger partial charge in [0, 0.05) is 12.2 Å². The van der Waals surface area contributed by atoms with Crippen molar-refractivity contribution in [2.45, 2.75) is 13.5 Å². The summed E-state index contributed by atoms with van der Waals surface area (Å²) in [5, 5.41) is 8.56. The molecule has 0 radical (unpaired) electrons. The Morgan fingerprint density at radius 2 is 2.24 bits per heavy atom. The van der Waals surface area contributed by atoms with Gasteiger partial charge >= 0.3 is 0 Å². The van der Waals surface area contributed by atoms with Crippen LogP contribution >= 0.6 is 12.2 Å². The van der Waals surface area contributed by atoms with E-state index in [-0.39, 0.29) is 23.8 Å². The molecule has 1 aromatic heterocycles. The third kappa shape index (κ3) is 3.62. The van der Waals surface area contributed by atoms with Gasteiger partial charge in [0.15, 0.2) is 0 Å². The summed E-state index contributed by atoms with van der Waals surface area (Å²) in [6, 6.07) is 3.42. The van der Waals surface area contributed by atoms with Gasteiger partial charge in [-0.25, -0.2) is 0 Å². The minimum absolute atomic E-state index is 0.0270. The Morgan fingerprint density at radius 1 is 1.53 bits per heavy atom. The number of aryl methyl sites for hydroxylation is 1. The molecule has 1 aromatic rings. The van der Waals surface area contributed by atoms with Crippen molar-refractivity contribution in [1.82, 2.24) is 4.57 Å². The smallest absolute Gasteiger partial charge is 0.261 e. The zero-order valence-corrected chi connectivity index (χ0v) is 10.5. The zero-order chi connectivity index (χ0) is 12.8. The molecule has 6 heteroatoms. The van der Waals surface area contributed by atoms with E-state index < -0.39 is 0 Å². The molecule has 0 atom stereocenters. The monoisotopic (exact) mass is 256 g/mol. The molecule has 0 amide bonds. The fourth-order valence-corrected chi connectivity index (χ4v) is 1.61.